The van der Waals surface area contributed by atoms with Crippen molar-refractivity contribution in [2.24, 2.45) is 0 Å². The monoisotopic (exact) mass is 513 g/mol. The molecule has 0 bridgehead atoms. The maximum atomic E-state index is 13.1. The molecule has 1 saturated carbocycles. The number of rotatable bonds is 7. The zero-order valence-electron chi connectivity index (χ0n) is 21.5. The van der Waals surface area contributed by atoms with Crippen LogP contribution in [0.15, 0.2) is 66.9 Å². The summed E-state index contributed by atoms with van der Waals surface area (Å²) in [6.45, 7) is 1.96. The van der Waals surface area contributed by atoms with Gasteiger partial charge in [0.25, 0.3) is 0 Å². The SMILES string of the molecule is COc1cn2c(C(OC(=O)NC3CCCCC3)c3ccc(-c4ccccc4C(=O)O)cc3)ccc(C)c2n1. The van der Waals surface area contributed by atoms with Crippen LogP contribution in [-0.2, 0) is 4.74 Å². The third-order valence-electron chi connectivity index (χ3n) is 7.13. The van der Waals surface area contributed by atoms with Gasteiger partial charge in [0, 0.05) is 6.04 Å². The second-order valence-corrected chi connectivity index (χ2v) is 9.66. The lowest BCUT2D eigenvalue weighted by atomic mass is 9.96. The minimum absolute atomic E-state index is 0.109. The summed E-state index contributed by atoms with van der Waals surface area (Å²) in [7, 11) is 1.57. The fourth-order valence-electron chi connectivity index (χ4n) is 5.12. The second kappa shape index (κ2) is 11.0. The Kier molecular flexibility index (Phi) is 7.31. The van der Waals surface area contributed by atoms with Gasteiger partial charge in [0.2, 0.25) is 5.88 Å². The van der Waals surface area contributed by atoms with Crippen LogP contribution in [-0.4, -0.2) is 39.7 Å². The molecule has 5 rings (SSSR count). The minimum atomic E-state index is -0.985. The van der Waals surface area contributed by atoms with E-state index in [1.54, 1.807) is 31.5 Å². The molecule has 0 aliphatic heterocycles. The molecule has 1 aliphatic rings. The number of carbonyl (C=O) groups excluding carboxylic acids is 1. The van der Waals surface area contributed by atoms with Crippen molar-refractivity contribution in [2.75, 3.05) is 7.11 Å². The number of hydrogen-bond donors (Lipinski definition) is 2. The molecule has 1 unspecified atom stereocenters. The van der Waals surface area contributed by atoms with Gasteiger partial charge in [-0.25, -0.2) is 9.59 Å². The molecule has 1 amide bonds. The molecule has 0 radical (unpaired) electrons. The highest BCUT2D eigenvalue weighted by molar-refractivity contribution is 5.96. The summed E-state index contributed by atoms with van der Waals surface area (Å²) in [4.78, 5) is 29.4. The number of hydrogen-bond acceptors (Lipinski definition) is 5. The number of aryl methyl sites for hydroxylation is 1. The molecule has 8 heteroatoms. The van der Waals surface area contributed by atoms with E-state index in [2.05, 4.69) is 10.3 Å². The predicted molar refractivity (Wildman–Crippen MR) is 144 cm³/mol. The molecular formula is C30H31N3O5. The Balaban J connectivity index is 1.53. The average molecular weight is 514 g/mol. The molecule has 0 spiro atoms. The van der Waals surface area contributed by atoms with E-state index in [1.165, 1.54) is 6.42 Å². The highest BCUT2D eigenvalue weighted by atomic mass is 16.6. The van der Waals surface area contributed by atoms with Crippen molar-refractivity contribution in [1.29, 1.82) is 0 Å². The van der Waals surface area contributed by atoms with E-state index >= 15 is 0 Å². The quantitative estimate of drug-likeness (QED) is 0.307. The van der Waals surface area contributed by atoms with Gasteiger partial charge in [0.05, 0.1) is 24.6 Å². The number of nitrogens with zero attached hydrogens (tertiary/aromatic N) is 2. The number of aromatic carboxylic acids is 1. The Morgan fingerprint density at radius 3 is 2.47 bits per heavy atom. The van der Waals surface area contributed by atoms with E-state index in [-0.39, 0.29) is 11.6 Å². The summed E-state index contributed by atoms with van der Waals surface area (Å²) in [6, 6.07) is 18.3. The zero-order chi connectivity index (χ0) is 26.6. The van der Waals surface area contributed by atoms with Gasteiger partial charge in [0.15, 0.2) is 6.10 Å². The molecule has 2 N–H and O–H groups in total. The summed E-state index contributed by atoms with van der Waals surface area (Å²) in [5.41, 5.74) is 4.75. The number of alkyl carbamates (subject to hydrolysis) is 1. The van der Waals surface area contributed by atoms with Crippen molar-refractivity contribution in [3.63, 3.8) is 0 Å². The third kappa shape index (κ3) is 5.20. The lowest BCUT2D eigenvalue weighted by Crippen LogP contribution is -2.37. The summed E-state index contributed by atoms with van der Waals surface area (Å²) in [6.07, 6.45) is 5.87. The molecule has 1 aliphatic carbocycles. The van der Waals surface area contributed by atoms with Gasteiger partial charge < -0.3 is 19.9 Å². The standard InChI is InChI=1S/C30H31N3O5/c1-19-12-17-25(33-18-26(37-2)32-28(19)33)27(38-30(36)31-22-8-4-3-5-9-22)21-15-13-20(14-16-21)23-10-6-7-11-24(23)29(34)35/h6-7,10-18,22,27H,3-5,8-9H2,1-2H3,(H,31,36)(H,34,35). The van der Waals surface area contributed by atoms with Crippen LogP contribution in [0.1, 0.15) is 65.4 Å². The molecule has 2 aromatic heterocycles. The molecule has 0 saturated heterocycles. The van der Waals surface area contributed by atoms with Crippen LogP contribution in [0.4, 0.5) is 4.79 Å². The topological polar surface area (TPSA) is 102 Å². The van der Waals surface area contributed by atoms with Crippen molar-refractivity contribution >= 4 is 17.7 Å². The molecular weight excluding hydrogens is 482 g/mol. The lowest BCUT2D eigenvalue weighted by molar-refractivity contribution is 0.0697. The first-order valence-electron chi connectivity index (χ1n) is 12.9. The van der Waals surface area contributed by atoms with Crippen molar-refractivity contribution in [3.05, 3.63) is 89.2 Å². The first-order valence-corrected chi connectivity index (χ1v) is 12.9. The minimum Gasteiger partial charge on any atom is -0.480 e. The molecule has 196 valence electrons. The van der Waals surface area contributed by atoms with Crippen LogP contribution >= 0.6 is 0 Å². The van der Waals surface area contributed by atoms with Crippen LogP contribution in [0.25, 0.3) is 16.8 Å². The van der Waals surface area contributed by atoms with Crippen LogP contribution in [0.3, 0.4) is 0 Å². The Bertz CT molecular complexity index is 1450. The van der Waals surface area contributed by atoms with E-state index in [0.717, 1.165) is 48.1 Å². The van der Waals surface area contributed by atoms with E-state index in [1.807, 2.05) is 53.8 Å². The van der Waals surface area contributed by atoms with E-state index in [0.29, 0.717) is 17.1 Å². The molecule has 4 aromatic rings. The average Bonchev–Trinajstić information content (AvgIpc) is 3.39. The van der Waals surface area contributed by atoms with Crippen LogP contribution in [0.2, 0.25) is 0 Å². The van der Waals surface area contributed by atoms with Gasteiger partial charge >= 0.3 is 12.1 Å². The van der Waals surface area contributed by atoms with Crippen molar-refractivity contribution in [3.8, 4) is 17.0 Å². The maximum absolute atomic E-state index is 13.1. The Hall–Kier alpha value is -4.33. The number of imidazole rings is 1. The van der Waals surface area contributed by atoms with E-state index < -0.39 is 18.2 Å². The summed E-state index contributed by atoms with van der Waals surface area (Å²) in [5.74, 6) is -0.520. The number of amides is 1. The van der Waals surface area contributed by atoms with Crippen molar-refractivity contribution in [2.45, 2.75) is 51.2 Å². The molecule has 2 aromatic carbocycles. The fraction of sp³-hybridized carbons (Fsp3) is 0.300. The van der Waals surface area contributed by atoms with E-state index in [4.69, 9.17) is 9.47 Å². The Morgan fingerprint density at radius 1 is 1.03 bits per heavy atom. The fourth-order valence-corrected chi connectivity index (χ4v) is 5.12. The normalized spacial score (nSPS) is 14.7. The number of carboxylic acids is 1. The van der Waals surface area contributed by atoms with Crippen molar-refractivity contribution in [1.82, 2.24) is 14.7 Å². The van der Waals surface area contributed by atoms with Gasteiger partial charge in [-0.15, -0.1) is 0 Å². The number of benzene rings is 2. The number of ether oxygens (including phenoxy) is 2. The van der Waals surface area contributed by atoms with Crippen molar-refractivity contribution < 1.29 is 24.2 Å². The lowest BCUT2D eigenvalue weighted by Gasteiger charge is -2.25. The number of nitrogens with one attached hydrogen (secondary N) is 1. The number of methoxy groups -OCH3 is 1. The summed E-state index contributed by atoms with van der Waals surface area (Å²) < 4.78 is 13.4. The molecule has 1 fully saturated rings. The Labute approximate surface area is 221 Å². The van der Waals surface area contributed by atoms with Gasteiger partial charge in [-0.1, -0.05) is 67.8 Å². The van der Waals surface area contributed by atoms with Crippen LogP contribution in [0, 0.1) is 6.92 Å². The van der Waals surface area contributed by atoms with Gasteiger partial charge in [0.1, 0.15) is 5.65 Å². The Morgan fingerprint density at radius 2 is 1.76 bits per heavy atom. The summed E-state index contributed by atoms with van der Waals surface area (Å²) >= 11 is 0. The number of carbonyl (C=O) groups is 2. The van der Waals surface area contributed by atoms with Gasteiger partial charge in [-0.05, 0) is 54.2 Å². The smallest absolute Gasteiger partial charge is 0.408 e. The highest BCUT2D eigenvalue weighted by Gasteiger charge is 2.25. The number of fused-ring (bicyclic) bond motifs is 1. The van der Waals surface area contributed by atoms with Gasteiger partial charge in [-0.2, -0.15) is 4.98 Å². The molecule has 1 atom stereocenters. The molecule has 2 heterocycles. The zero-order valence-corrected chi connectivity index (χ0v) is 21.5. The van der Waals surface area contributed by atoms with Crippen LogP contribution in [0.5, 0.6) is 5.88 Å². The number of carboxylic acid groups (broad SMARTS) is 1. The first-order chi connectivity index (χ1) is 18.4. The molecule has 8 nitrogen and oxygen atoms in total. The van der Waals surface area contributed by atoms with E-state index in [9.17, 15) is 14.7 Å². The maximum Gasteiger partial charge on any atom is 0.408 e. The highest BCUT2D eigenvalue weighted by Crippen LogP contribution is 2.32. The number of pyridine rings is 1. The first kappa shape index (κ1) is 25.3. The molecule has 38 heavy (non-hydrogen) atoms. The second-order valence-electron chi connectivity index (χ2n) is 9.66. The number of aromatic nitrogens is 2. The predicted octanol–water partition coefficient (Wildman–Crippen LogP) is 6.16. The largest absolute Gasteiger partial charge is 0.480 e. The van der Waals surface area contributed by atoms with Crippen LogP contribution < -0.4 is 10.1 Å². The third-order valence-corrected chi connectivity index (χ3v) is 7.13. The summed E-state index contributed by atoms with van der Waals surface area (Å²) in [5, 5.41) is 12.7. The van der Waals surface area contributed by atoms with Gasteiger partial charge in [-0.3, -0.25) is 4.40 Å².